The zero-order valence-electron chi connectivity index (χ0n) is 11.0. The average Bonchev–Trinajstić information content (AvgIpc) is 2.78. The topological polar surface area (TPSA) is 15.3 Å². The highest BCUT2D eigenvalue weighted by Gasteiger charge is 2.32. The lowest BCUT2D eigenvalue weighted by Crippen LogP contribution is -2.49. The summed E-state index contributed by atoms with van der Waals surface area (Å²) in [6.07, 6.45) is 4.00. The Labute approximate surface area is 109 Å². The standard InChI is InChI=1S/C14H24N2S/c1-3-15-11-12-6-7-14(12)16(2)9-8-13-5-4-10-17-13/h4-5,10,12,14-15H,3,6-9,11H2,1-2H3. The van der Waals surface area contributed by atoms with Crippen LogP contribution in [0.25, 0.3) is 0 Å². The molecule has 0 saturated heterocycles. The fourth-order valence-electron chi connectivity index (χ4n) is 2.61. The van der Waals surface area contributed by atoms with E-state index in [1.165, 1.54) is 37.2 Å². The molecule has 0 aromatic carbocycles. The fraction of sp³-hybridized carbons (Fsp3) is 0.714. The first-order valence-electron chi connectivity index (χ1n) is 6.74. The highest BCUT2D eigenvalue weighted by molar-refractivity contribution is 7.09. The van der Waals surface area contributed by atoms with Crippen LogP contribution in [0, 0.1) is 5.92 Å². The molecule has 96 valence electrons. The van der Waals surface area contributed by atoms with Gasteiger partial charge in [0, 0.05) is 17.5 Å². The zero-order chi connectivity index (χ0) is 12.1. The number of rotatable bonds is 7. The molecule has 1 aliphatic carbocycles. The van der Waals surface area contributed by atoms with Crippen LogP contribution in [0.3, 0.4) is 0 Å². The largest absolute Gasteiger partial charge is 0.317 e. The predicted molar refractivity (Wildman–Crippen MR) is 75.7 cm³/mol. The summed E-state index contributed by atoms with van der Waals surface area (Å²) in [6.45, 7) is 5.69. The number of nitrogens with one attached hydrogen (secondary N) is 1. The molecule has 17 heavy (non-hydrogen) atoms. The van der Waals surface area contributed by atoms with Crippen LogP contribution in [0.5, 0.6) is 0 Å². The van der Waals surface area contributed by atoms with Gasteiger partial charge < -0.3 is 10.2 Å². The van der Waals surface area contributed by atoms with Crippen molar-refractivity contribution in [1.29, 1.82) is 0 Å². The Hall–Kier alpha value is -0.380. The molecule has 0 spiro atoms. The third-order valence-corrected chi connectivity index (χ3v) is 4.83. The minimum Gasteiger partial charge on any atom is -0.317 e. The molecule has 0 bridgehead atoms. The molecule has 0 aliphatic heterocycles. The van der Waals surface area contributed by atoms with Gasteiger partial charge in [-0.15, -0.1) is 11.3 Å². The number of likely N-dealkylation sites (N-methyl/N-ethyl adjacent to an activating group) is 1. The molecule has 2 nitrogen and oxygen atoms in total. The van der Waals surface area contributed by atoms with Gasteiger partial charge in [-0.25, -0.2) is 0 Å². The van der Waals surface area contributed by atoms with E-state index in [1.54, 1.807) is 0 Å². The van der Waals surface area contributed by atoms with Crippen molar-refractivity contribution in [3.8, 4) is 0 Å². The Kier molecular flexibility index (Phi) is 5.01. The van der Waals surface area contributed by atoms with Crippen LogP contribution >= 0.6 is 11.3 Å². The third-order valence-electron chi connectivity index (χ3n) is 3.89. The fourth-order valence-corrected chi connectivity index (χ4v) is 3.30. The van der Waals surface area contributed by atoms with Crippen LogP contribution in [-0.4, -0.2) is 37.6 Å². The smallest absolute Gasteiger partial charge is 0.0133 e. The van der Waals surface area contributed by atoms with Gasteiger partial charge in [0.15, 0.2) is 0 Å². The normalized spacial score (nSPS) is 23.9. The summed E-state index contributed by atoms with van der Waals surface area (Å²) in [5.74, 6) is 0.878. The van der Waals surface area contributed by atoms with Gasteiger partial charge >= 0.3 is 0 Å². The molecule has 2 atom stereocenters. The molecule has 1 aromatic heterocycles. The van der Waals surface area contributed by atoms with Crippen molar-refractivity contribution < 1.29 is 0 Å². The van der Waals surface area contributed by atoms with Crippen LogP contribution in [0.4, 0.5) is 0 Å². The number of nitrogens with zero attached hydrogens (tertiary/aromatic N) is 1. The lowest BCUT2D eigenvalue weighted by Gasteiger charge is -2.43. The van der Waals surface area contributed by atoms with Crippen molar-refractivity contribution in [2.75, 3.05) is 26.7 Å². The monoisotopic (exact) mass is 252 g/mol. The van der Waals surface area contributed by atoms with Gasteiger partial charge in [-0.1, -0.05) is 13.0 Å². The summed E-state index contributed by atoms with van der Waals surface area (Å²) in [6, 6.07) is 5.21. The SMILES string of the molecule is CCNCC1CCC1N(C)CCc1cccs1. The zero-order valence-corrected chi connectivity index (χ0v) is 11.8. The second-order valence-electron chi connectivity index (χ2n) is 5.02. The van der Waals surface area contributed by atoms with Crippen molar-refractivity contribution in [2.45, 2.75) is 32.2 Å². The molecule has 3 heteroatoms. The molecule has 0 amide bonds. The molecule has 1 N–H and O–H groups in total. The van der Waals surface area contributed by atoms with Gasteiger partial charge in [-0.05, 0) is 56.8 Å². The van der Waals surface area contributed by atoms with E-state index in [1.807, 2.05) is 11.3 Å². The Morgan fingerprint density at radius 2 is 2.35 bits per heavy atom. The highest BCUT2D eigenvalue weighted by atomic mass is 32.1. The number of hydrogen-bond acceptors (Lipinski definition) is 3. The highest BCUT2D eigenvalue weighted by Crippen LogP contribution is 2.31. The summed E-state index contributed by atoms with van der Waals surface area (Å²) < 4.78 is 0. The first-order valence-corrected chi connectivity index (χ1v) is 7.62. The van der Waals surface area contributed by atoms with Crippen molar-refractivity contribution in [2.24, 2.45) is 5.92 Å². The molecule has 2 unspecified atom stereocenters. The summed E-state index contributed by atoms with van der Waals surface area (Å²) in [4.78, 5) is 4.07. The summed E-state index contributed by atoms with van der Waals surface area (Å²) in [5.41, 5.74) is 0. The second kappa shape index (κ2) is 6.53. The van der Waals surface area contributed by atoms with Crippen LogP contribution in [0.2, 0.25) is 0 Å². The van der Waals surface area contributed by atoms with Crippen molar-refractivity contribution in [1.82, 2.24) is 10.2 Å². The molecule has 1 saturated carbocycles. The predicted octanol–water partition coefficient (Wildman–Crippen LogP) is 2.61. The van der Waals surface area contributed by atoms with Gasteiger partial charge in [0.05, 0.1) is 0 Å². The van der Waals surface area contributed by atoms with Crippen molar-refractivity contribution in [3.05, 3.63) is 22.4 Å². The Morgan fingerprint density at radius 1 is 1.47 bits per heavy atom. The lowest BCUT2D eigenvalue weighted by molar-refractivity contribution is 0.0853. The maximum Gasteiger partial charge on any atom is 0.0133 e. The Bertz CT molecular complexity index is 310. The molecular weight excluding hydrogens is 228 g/mol. The molecule has 1 aromatic rings. The van der Waals surface area contributed by atoms with Crippen LogP contribution in [0.1, 0.15) is 24.6 Å². The van der Waals surface area contributed by atoms with Crippen LogP contribution < -0.4 is 5.32 Å². The van der Waals surface area contributed by atoms with Gasteiger partial charge in [0.2, 0.25) is 0 Å². The van der Waals surface area contributed by atoms with E-state index in [2.05, 4.69) is 41.7 Å². The number of hydrogen-bond donors (Lipinski definition) is 1. The molecule has 1 aliphatic rings. The van der Waals surface area contributed by atoms with E-state index in [0.717, 1.165) is 18.5 Å². The van der Waals surface area contributed by atoms with Crippen molar-refractivity contribution >= 4 is 11.3 Å². The third kappa shape index (κ3) is 3.54. The van der Waals surface area contributed by atoms with Crippen LogP contribution in [-0.2, 0) is 6.42 Å². The molecule has 1 fully saturated rings. The Balaban J connectivity index is 1.70. The lowest BCUT2D eigenvalue weighted by atomic mass is 9.78. The van der Waals surface area contributed by atoms with E-state index in [-0.39, 0.29) is 0 Å². The second-order valence-corrected chi connectivity index (χ2v) is 6.05. The van der Waals surface area contributed by atoms with E-state index in [4.69, 9.17) is 0 Å². The molecule has 2 rings (SSSR count). The number of thiophene rings is 1. The van der Waals surface area contributed by atoms with Crippen LogP contribution in [0.15, 0.2) is 17.5 Å². The first kappa shape index (κ1) is 13.1. The van der Waals surface area contributed by atoms with E-state index in [0.29, 0.717) is 0 Å². The van der Waals surface area contributed by atoms with Gasteiger partial charge in [-0.2, -0.15) is 0 Å². The van der Waals surface area contributed by atoms with Crippen molar-refractivity contribution in [3.63, 3.8) is 0 Å². The van der Waals surface area contributed by atoms with E-state index < -0.39 is 0 Å². The molecular formula is C14H24N2S. The quantitative estimate of drug-likeness (QED) is 0.802. The van der Waals surface area contributed by atoms with E-state index in [9.17, 15) is 0 Å². The Morgan fingerprint density at radius 3 is 2.94 bits per heavy atom. The average molecular weight is 252 g/mol. The van der Waals surface area contributed by atoms with Gasteiger partial charge in [0.25, 0.3) is 0 Å². The van der Waals surface area contributed by atoms with E-state index >= 15 is 0 Å². The molecule has 0 radical (unpaired) electrons. The minimum absolute atomic E-state index is 0.814. The maximum atomic E-state index is 3.48. The van der Waals surface area contributed by atoms with Gasteiger partial charge in [-0.3, -0.25) is 0 Å². The first-order chi connectivity index (χ1) is 8.31. The molecule has 1 heterocycles. The maximum absolute atomic E-state index is 3.48. The van der Waals surface area contributed by atoms with Gasteiger partial charge in [0.1, 0.15) is 0 Å². The minimum atomic E-state index is 0.814. The summed E-state index contributed by atoms with van der Waals surface area (Å²) in [5, 5.41) is 5.65. The summed E-state index contributed by atoms with van der Waals surface area (Å²) >= 11 is 1.88. The summed E-state index contributed by atoms with van der Waals surface area (Å²) in [7, 11) is 2.29.